The number of nitrogens with zero attached hydrogens (tertiary/aromatic N) is 1. The van der Waals surface area contributed by atoms with E-state index in [0.717, 1.165) is 24.3 Å². The molecule has 35 heavy (non-hydrogen) atoms. The minimum Gasteiger partial charge on any atom is -0.497 e. The van der Waals surface area contributed by atoms with Gasteiger partial charge in [0.1, 0.15) is 17.8 Å². The van der Waals surface area contributed by atoms with Gasteiger partial charge in [-0.25, -0.2) is 0 Å². The number of hydrogen-bond acceptors (Lipinski definition) is 8. The largest absolute Gasteiger partial charge is 0.497 e. The minimum absolute atomic E-state index is 0.0144. The van der Waals surface area contributed by atoms with Crippen molar-refractivity contribution >= 4 is 11.6 Å². The normalized spacial score (nSPS) is 13.0. The number of hydrogen-bond donors (Lipinski definition) is 1. The Bertz CT molecular complexity index is 1240. The maximum absolute atomic E-state index is 12.5. The smallest absolute Gasteiger partial charge is 0.262 e. The van der Waals surface area contributed by atoms with Gasteiger partial charge in [0.05, 0.1) is 27.9 Å². The first-order valence-electron chi connectivity index (χ1n) is 11.1. The SMILES string of the molecule is COc1ccc(NC(=O)COc2coc(CN3CCc4cc(OC)c(OC)cc4C3)cc2=O)cc1. The molecule has 3 aromatic rings. The van der Waals surface area contributed by atoms with Crippen molar-refractivity contribution in [3.8, 4) is 23.0 Å². The standard InChI is InChI=1S/C26H28N2O7/c1-31-20-6-4-19(5-7-20)27-26(30)16-35-25-15-34-21(12-22(25)29)14-28-9-8-17-10-23(32-2)24(33-3)11-18(17)13-28/h4-7,10-12,15H,8-9,13-14,16H2,1-3H3,(H,27,30). The quantitative estimate of drug-likeness (QED) is 0.498. The first-order chi connectivity index (χ1) is 17.0. The molecule has 0 spiro atoms. The molecule has 0 radical (unpaired) electrons. The van der Waals surface area contributed by atoms with E-state index in [1.807, 2.05) is 12.1 Å². The molecule has 2 heterocycles. The van der Waals surface area contributed by atoms with Gasteiger partial charge in [-0.2, -0.15) is 0 Å². The van der Waals surface area contributed by atoms with Crippen LogP contribution in [0.15, 0.2) is 57.9 Å². The van der Waals surface area contributed by atoms with Crippen molar-refractivity contribution < 1.29 is 28.2 Å². The van der Waals surface area contributed by atoms with Gasteiger partial charge in [0, 0.05) is 24.8 Å². The molecule has 9 heteroatoms. The summed E-state index contributed by atoms with van der Waals surface area (Å²) in [7, 11) is 4.81. The number of fused-ring (bicyclic) bond motifs is 1. The van der Waals surface area contributed by atoms with Crippen LogP contribution in [0.4, 0.5) is 5.69 Å². The molecule has 9 nitrogen and oxygen atoms in total. The lowest BCUT2D eigenvalue weighted by Gasteiger charge is -2.29. The van der Waals surface area contributed by atoms with E-state index in [0.29, 0.717) is 36.0 Å². The number of nitrogens with one attached hydrogen (secondary N) is 1. The highest BCUT2D eigenvalue weighted by molar-refractivity contribution is 5.91. The fourth-order valence-electron chi connectivity index (χ4n) is 3.94. The third-order valence-electron chi connectivity index (χ3n) is 5.76. The topological polar surface area (TPSA) is 99.5 Å². The number of methoxy groups -OCH3 is 3. The average Bonchev–Trinajstić information content (AvgIpc) is 2.87. The molecule has 0 aliphatic carbocycles. The first-order valence-corrected chi connectivity index (χ1v) is 11.1. The zero-order valence-electron chi connectivity index (χ0n) is 20.0. The summed E-state index contributed by atoms with van der Waals surface area (Å²) in [4.78, 5) is 26.8. The van der Waals surface area contributed by atoms with Crippen molar-refractivity contribution in [2.45, 2.75) is 19.5 Å². The van der Waals surface area contributed by atoms with E-state index in [9.17, 15) is 9.59 Å². The Labute approximate surface area is 203 Å². The summed E-state index contributed by atoms with van der Waals surface area (Å²) < 4.78 is 26.9. The highest BCUT2D eigenvalue weighted by atomic mass is 16.5. The second-order valence-electron chi connectivity index (χ2n) is 8.08. The second kappa shape index (κ2) is 11.0. The Morgan fingerprint density at radius 3 is 2.34 bits per heavy atom. The van der Waals surface area contributed by atoms with Crippen molar-refractivity contribution in [1.29, 1.82) is 0 Å². The van der Waals surface area contributed by atoms with E-state index in [-0.39, 0.29) is 17.8 Å². The summed E-state index contributed by atoms with van der Waals surface area (Å²) >= 11 is 0. The average molecular weight is 481 g/mol. The monoisotopic (exact) mass is 480 g/mol. The maximum Gasteiger partial charge on any atom is 0.262 e. The van der Waals surface area contributed by atoms with Crippen molar-refractivity contribution in [2.24, 2.45) is 0 Å². The molecule has 1 aliphatic heterocycles. The number of amides is 1. The van der Waals surface area contributed by atoms with Crippen molar-refractivity contribution in [3.63, 3.8) is 0 Å². The molecule has 1 aliphatic rings. The van der Waals surface area contributed by atoms with Gasteiger partial charge in [-0.1, -0.05) is 0 Å². The van der Waals surface area contributed by atoms with Gasteiger partial charge >= 0.3 is 0 Å². The molecule has 0 saturated carbocycles. The van der Waals surface area contributed by atoms with Crippen molar-refractivity contribution in [1.82, 2.24) is 4.90 Å². The molecule has 0 saturated heterocycles. The number of benzene rings is 2. The zero-order chi connectivity index (χ0) is 24.8. The Hall–Kier alpha value is -3.98. The van der Waals surface area contributed by atoms with Crippen LogP contribution in [0.3, 0.4) is 0 Å². The molecule has 1 aromatic heterocycles. The molecule has 1 amide bonds. The van der Waals surface area contributed by atoms with Crippen LogP contribution in [-0.4, -0.2) is 45.3 Å². The van der Waals surface area contributed by atoms with Crippen LogP contribution in [0.2, 0.25) is 0 Å². The van der Waals surface area contributed by atoms with Crippen LogP contribution in [-0.2, 0) is 24.3 Å². The lowest BCUT2D eigenvalue weighted by molar-refractivity contribution is -0.118. The first kappa shape index (κ1) is 24.2. The van der Waals surface area contributed by atoms with Crippen LogP contribution in [0.25, 0.3) is 0 Å². The van der Waals surface area contributed by atoms with Crippen molar-refractivity contribution in [3.05, 3.63) is 75.8 Å². The molecule has 184 valence electrons. The highest BCUT2D eigenvalue weighted by Gasteiger charge is 2.20. The lowest BCUT2D eigenvalue weighted by Crippen LogP contribution is -2.30. The van der Waals surface area contributed by atoms with Gasteiger partial charge < -0.3 is 28.7 Å². The number of rotatable bonds is 9. The lowest BCUT2D eigenvalue weighted by atomic mass is 9.98. The number of carbonyl (C=O) groups is 1. The summed E-state index contributed by atoms with van der Waals surface area (Å²) in [5.41, 5.74) is 2.63. The molecular weight excluding hydrogens is 452 g/mol. The summed E-state index contributed by atoms with van der Waals surface area (Å²) in [6.45, 7) is 1.67. The Kier molecular flexibility index (Phi) is 7.57. The van der Waals surface area contributed by atoms with E-state index >= 15 is 0 Å². The number of carbonyl (C=O) groups excluding carboxylic acids is 1. The maximum atomic E-state index is 12.5. The second-order valence-corrected chi connectivity index (χ2v) is 8.08. The van der Waals surface area contributed by atoms with Crippen LogP contribution < -0.4 is 29.7 Å². The molecule has 0 unspecified atom stereocenters. The Balaban J connectivity index is 1.33. The third-order valence-corrected chi connectivity index (χ3v) is 5.76. The molecule has 0 atom stereocenters. The van der Waals surface area contributed by atoms with Gasteiger partial charge in [-0.3, -0.25) is 14.5 Å². The van der Waals surface area contributed by atoms with E-state index in [1.54, 1.807) is 45.6 Å². The molecule has 0 bridgehead atoms. The van der Waals surface area contributed by atoms with E-state index in [2.05, 4.69) is 10.2 Å². The fourth-order valence-corrected chi connectivity index (χ4v) is 3.94. The highest BCUT2D eigenvalue weighted by Crippen LogP contribution is 2.33. The summed E-state index contributed by atoms with van der Waals surface area (Å²) in [6, 6.07) is 12.3. The van der Waals surface area contributed by atoms with E-state index in [1.165, 1.54) is 17.9 Å². The predicted octanol–water partition coefficient (Wildman–Crippen LogP) is 3.24. The van der Waals surface area contributed by atoms with E-state index < -0.39 is 5.91 Å². The van der Waals surface area contributed by atoms with Gasteiger partial charge in [-0.15, -0.1) is 0 Å². The Morgan fingerprint density at radius 1 is 0.971 bits per heavy atom. The minimum atomic E-state index is -0.391. The number of anilines is 1. The van der Waals surface area contributed by atoms with Gasteiger partial charge in [0.25, 0.3) is 5.91 Å². The predicted molar refractivity (Wildman–Crippen MR) is 129 cm³/mol. The van der Waals surface area contributed by atoms with Gasteiger partial charge in [0.15, 0.2) is 18.1 Å². The van der Waals surface area contributed by atoms with Crippen LogP contribution in [0.1, 0.15) is 16.9 Å². The summed E-state index contributed by atoms with van der Waals surface area (Å²) in [5.74, 6) is 2.22. The van der Waals surface area contributed by atoms with Crippen molar-refractivity contribution in [2.75, 3.05) is 39.8 Å². The number of ether oxygens (including phenoxy) is 4. The third kappa shape index (κ3) is 5.93. The Morgan fingerprint density at radius 2 is 1.69 bits per heavy atom. The zero-order valence-corrected chi connectivity index (χ0v) is 20.0. The summed E-state index contributed by atoms with van der Waals surface area (Å²) in [6.07, 6.45) is 2.11. The molecular formula is C26H28N2O7. The van der Waals surface area contributed by atoms with Crippen LogP contribution >= 0.6 is 0 Å². The molecule has 1 N–H and O–H groups in total. The molecule has 0 fully saturated rings. The van der Waals surface area contributed by atoms with Gasteiger partial charge in [0.2, 0.25) is 11.2 Å². The fraction of sp³-hybridized carbons (Fsp3) is 0.308. The van der Waals surface area contributed by atoms with Crippen LogP contribution in [0.5, 0.6) is 23.0 Å². The van der Waals surface area contributed by atoms with E-state index in [4.69, 9.17) is 23.4 Å². The molecule has 2 aromatic carbocycles. The van der Waals surface area contributed by atoms with Gasteiger partial charge in [-0.05, 0) is 53.9 Å². The summed E-state index contributed by atoms with van der Waals surface area (Å²) in [5, 5.41) is 2.70. The van der Waals surface area contributed by atoms with Crippen LogP contribution in [0, 0.1) is 0 Å². The molecule has 4 rings (SSSR count).